The molecule has 0 amide bonds. The van der Waals surface area contributed by atoms with Crippen molar-refractivity contribution < 1.29 is 16.8 Å². The van der Waals surface area contributed by atoms with Crippen LogP contribution in [-0.2, 0) is 19.7 Å². The Morgan fingerprint density at radius 2 is 1.06 bits per heavy atom. The quantitative estimate of drug-likeness (QED) is 0.644. The van der Waals surface area contributed by atoms with Gasteiger partial charge in [-0.1, -0.05) is 24.3 Å². The molecule has 0 atom stereocenters. The van der Waals surface area contributed by atoms with E-state index in [-0.39, 0.29) is 23.0 Å². The molecule has 0 aromatic rings. The minimum Gasteiger partial charge on any atom is -0.228 e. The Labute approximate surface area is 97.9 Å². The van der Waals surface area contributed by atoms with Gasteiger partial charge >= 0.3 is 0 Å². The minimum atomic E-state index is -3.29. The van der Waals surface area contributed by atoms with Gasteiger partial charge in [-0.15, -0.1) is 0 Å². The van der Waals surface area contributed by atoms with E-state index in [1.165, 1.54) is 12.2 Å². The summed E-state index contributed by atoms with van der Waals surface area (Å²) in [6.07, 6.45) is 6.28. The summed E-state index contributed by atoms with van der Waals surface area (Å²) in [6.45, 7) is 3.44. The molecular formula is C10H18O4S2. The number of sulfone groups is 2. The summed E-state index contributed by atoms with van der Waals surface area (Å²) in [5, 5.41) is 0. The SMILES string of the molecule is CC=CCS(=O)(=O)CCS(=O)(=O)CC=CC. The fraction of sp³-hybridized carbons (Fsp3) is 0.600. The number of allylic oxidation sites excluding steroid dienone is 2. The van der Waals surface area contributed by atoms with Gasteiger partial charge in [0.25, 0.3) is 0 Å². The Morgan fingerprint density at radius 3 is 1.31 bits per heavy atom. The number of hydrogen-bond acceptors (Lipinski definition) is 4. The fourth-order valence-electron chi connectivity index (χ4n) is 0.906. The van der Waals surface area contributed by atoms with Crippen molar-refractivity contribution in [2.45, 2.75) is 13.8 Å². The Balaban J connectivity index is 4.34. The molecule has 0 aliphatic rings. The predicted octanol–water partition coefficient (Wildman–Crippen LogP) is 0.968. The maximum atomic E-state index is 11.4. The third kappa shape index (κ3) is 7.64. The van der Waals surface area contributed by atoms with Crippen LogP contribution in [0.3, 0.4) is 0 Å². The number of hydrogen-bond donors (Lipinski definition) is 0. The number of rotatable bonds is 7. The first-order chi connectivity index (χ1) is 7.33. The van der Waals surface area contributed by atoms with Gasteiger partial charge in [0.05, 0.1) is 23.0 Å². The van der Waals surface area contributed by atoms with Crippen LogP contribution in [-0.4, -0.2) is 39.8 Å². The lowest BCUT2D eigenvalue weighted by molar-refractivity contribution is 0.590. The van der Waals surface area contributed by atoms with Crippen molar-refractivity contribution in [3.05, 3.63) is 24.3 Å². The summed E-state index contributed by atoms with van der Waals surface area (Å²) in [5.74, 6) is -0.806. The van der Waals surface area contributed by atoms with Gasteiger partial charge in [-0.25, -0.2) is 16.8 Å². The summed E-state index contributed by atoms with van der Waals surface area (Å²) >= 11 is 0. The highest BCUT2D eigenvalue weighted by atomic mass is 32.2. The van der Waals surface area contributed by atoms with Gasteiger partial charge in [0, 0.05) is 0 Å². The second-order valence-electron chi connectivity index (χ2n) is 3.37. The standard InChI is InChI=1S/C10H18O4S2/c1-3-5-7-15(11,12)9-10-16(13,14)8-6-4-2/h3-6H,7-10H2,1-2H3. The first kappa shape index (κ1) is 15.4. The van der Waals surface area contributed by atoms with Gasteiger partial charge in [0.1, 0.15) is 0 Å². The maximum absolute atomic E-state index is 11.4. The molecule has 16 heavy (non-hydrogen) atoms. The highest BCUT2D eigenvalue weighted by molar-refractivity contribution is 7.95. The van der Waals surface area contributed by atoms with Crippen LogP contribution in [0.2, 0.25) is 0 Å². The van der Waals surface area contributed by atoms with Crippen molar-refractivity contribution >= 4 is 19.7 Å². The highest BCUT2D eigenvalue weighted by Crippen LogP contribution is 1.98. The molecule has 0 aromatic carbocycles. The van der Waals surface area contributed by atoms with Gasteiger partial charge in [0.2, 0.25) is 0 Å². The highest BCUT2D eigenvalue weighted by Gasteiger charge is 2.15. The van der Waals surface area contributed by atoms with E-state index in [0.717, 1.165) is 0 Å². The Morgan fingerprint density at radius 1 is 0.750 bits per heavy atom. The molecule has 0 saturated carbocycles. The molecular weight excluding hydrogens is 248 g/mol. The van der Waals surface area contributed by atoms with Crippen LogP contribution in [0, 0.1) is 0 Å². The van der Waals surface area contributed by atoms with E-state index in [4.69, 9.17) is 0 Å². The topological polar surface area (TPSA) is 68.3 Å². The first-order valence-electron chi connectivity index (χ1n) is 4.96. The third-order valence-corrected chi connectivity index (χ3v) is 5.19. The van der Waals surface area contributed by atoms with Crippen LogP contribution in [0.1, 0.15) is 13.8 Å². The maximum Gasteiger partial charge on any atom is 0.154 e. The summed E-state index contributed by atoms with van der Waals surface area (Å²) in [6, 6.07) is 0. The molecule has 4 nitrogen and oxygen atoms in total. The summed E-state index contributed by atoms with van der Waals surface area (Å²) < 4.78 is 45.5. The van der Waals surface area contributed by atoms with Gasteiger partial charge in [0.15, 0.2) is 19.7 Å². The largest absolute Gasteiger partial charge is 0.228 e. The fourth-order valence-corrected chi connectivity index (χ4v) is 4.24. The lowest BCUT2D eigenvalue weighted by Gasteiger charge is -2.02. The van der Waals surface area contributed by atoms with Gasteiger partial charge in [-0.3, -0.25) is 0 Å². The molecule has 0 N–H and O–H groups in total. The van der Waals surface area contributed by atoms with Gasteiger partial charge in [-0.2, -0.15) is 0 Å². The van der Waals surface area contributed by atoms with E-state index in [1.54, 1.807) is 26.0 Å². The molecule has 0 spiro atoms. The van der Waals surface area contributed by atoms with E-state index in [0.29, 0.717) is 0 Å². The summed E-state index contributed by atoms with van der Waals surface area (Å²) in [4.78, 5) is 0. The Kier molecular flexibility index (Phi) is 6.59. The van der Waals surface area contributed by atoms with Crippen molar-refractivity contribution in [3.8, 4) is 0 Å². The van der Waals surface area contributed by atoms with Crippen molar-refractivity contribution in [1.29, 1.82) is 0 Å². The molecule has 0 rings (SSSR count). The zero-order chi connectivity index (χ0) is 12.7. The Hall–Kier alpha value is -0.620. The monoisotopic (exact) mass is 266 g/mol. The van der Waals surface area contributed by atoms with Gasteiger partial charge < -0.3 is 0 Å². The van der Waals surface area contributed by atoms with E-state index in [1.807, 2.05) is 0 Å². The molecule has 0 saturated heterocycles. The summed E-state index contributed by atoms with van der Waals surface area (Å²) in [7, 11) is -6.58. The zero-order valence-electron chi connectivity index (χ0n) is 9.59. The summed E-state index contributed by atoms with van der Waals surface area (Å²) in [5.41, 5.74) is 0. The van der Waals surface area contributed by atoms with E-state index >= 15 is 0 Å². The average molecular weight is 266 g/mol. The van der Waals surface area contributed by atoms with Crippen LogP contribution >= 0.6 is 0 Å². The smallest absolute Gasteiger partial charge is 0.154 e. The zero-order valence-corrected chi connectivity index (χ0v) is 11.2. The average Bonchev–Trinajstić information content (AvgIpc) is 2.22. The predicted molar refractivity (Wildman–Crippen MR) is 66.9 cm³/mol. The second-order valence-corrected chi connectivity index (χ2v) is 7.82. The molecule has 0 bridgehead atoms. The van der Waals surface area contributed by atoms with Crippen molar-refractivity contribution in [2.24, 2.45) is 0 Å². The molecule has 0 heterocycles. The van der Waals surface area contributed by atoms with E-state index in [2.05, 4.69) is 0 Å². The van der Waals surface area contributed by atoms with Crippen LogP contribution in [0.4, 0.5) is 0 Å². The first-order valence-corrected chi connectivity index (χ1v) is 8.60. The molecule has 0 radical (unpaired) electrons. The molecule has 0 aromatic heterocycles. The normalized spacial score (nSPS) is 13.9. The lowest BCUT2D eigenvalue weighted by Crippen LogP contribution is -2.20. The molecule has 0 aliphatic carbocycles. The van der Waals surface area contributed by atoms with Gasteiger partial charge in [-0.05, 0) is 13.8 Å². The molecule has 0 unspecified atom stereocenters. The van der Waals surface area contributed by atoms with Crippen molar-refractivity contribution in [3.63, 3.8) is 0 Å². The van der Waals surface area contributed by atoms with Crippen LogP contribution in [0.5, 0.6) is 0 Å². The van der Waals surface area contributed by atoms with Crippen LogP contribution in [0.25, 0.3) is 0 Å². The molecule has 6 heteroatoms. The van der Waals surface area contributed by atoms with E-state index in [9.17, 15) is 16.8 Å². The van der Waals surface area contributed by atoms with E-state index < -0.39 is 19.7 Å². The second kappa shape index (κ2) is 6.85. The Bertz CT molecular complexity index is 397. The molecule has 94 valence electrons. The third-order valence-electron chi connectivity index (χ3n) is 1.88. The minimum absolute atomic E-state index is 0.0946. The molecule has 0 aliphatic heterocycles. The van der Waals surface area contributed by atoms with Crippen molar-refractivity contribution in [2.75, 3.05) is 23.0 Å². The molecule has 0 fully saturated rings. The van der Waals surface area contributed by atoms with Crippen molar-refractivity contribution in [1.82, 2.24) is 0 Å². The van der Waals surface area contributed by atoms with Crippen LogP contribution < -0.4 is 0 Å². The van der Waals surface area contributed by atoms with Crippen LogP contribution in [0.15, 0.2) is 24.3 Å². The lowest BCUT2D eigenvalue weighted by atomic mass is 10.6.